The van der Waals surface area contributed by atoms with E-state index in [2.05, 4.69) is 4.72 Å². The molecular weight excluding hydrogens is 361 g/mol. The minimum Gasteiger partial charge on any atom is -0.506 e. The van der Waals surface area contributed by atoms with Crippen LogP contribution in [0.15, 0.2) is 35.2 Å². The van der Waals surface area contributed by atoms with Gasteiger partial charge in [-0.05, 0) is 30.3 Å². The first-order valence-electron chi connectivity index (χ1n) is 5.40. The number of halogens is 3. The number of phenolic OH excluding ortho intramolecular Hbond substituents is 2. The molecule has 112 valence electrons. The molecule has 5 nitrogen and oxygen atoms in total. The Morgan fingerprint density at radius 1 is 0.952 bits per heavy atom. The summed E-state index contributed by atoms with van der Waals surface area (Å²) in [7, 11) is -4.22. The van der Waals surface area contributed by atoms with Crippen molar-refractivity contribution in [3.05, 3.63) is 45.4 Å². The Labute approximate surface area is 135 Å². The van der Waals surface area contributed by atoms with E-state index in [0.29, 0.717) is 0 Å². The minimum absolute atomic E-state index is 0.0356. The first-order valence-corrected chi connectivity index (χ1v) is 8.02. The maximum absolute atomic E-state index is 12.2. The first kappa shape index (κ1) is 16.0. The third-order valence-corrected chi connectivity index (χ3v) is 4.61. The number of aromatic hydroxyl groups is 2. The molecule has 0 saturated heterocycles. The third kappa shape index (κ3) is 3.47. The summed E-state index contributed by atoms with van der Waals surface area (Å²) in [4.78, 5) is -0.514. The summed E-state index contributed by atoms with van der Waals surface area (Å²) in [5, 5.41) is 19.4. The van der Waals surface area contributed by atoms with E-state index < -0.39 is 20.7 Å². The molecule has 0 fully saturated rings. The summed E-state index contributed by atoms with van der Waals surface area (Å²) >= 11 is 17.2. The Morgan fingerprint density at radius 2 is 1.62 bits per heavy atom. The zero-order valence-corrected chi connectivity index (χ0v) is 13.2. The van der Waals surface area contributed by atoms with Crippen molar-refractivity contribution in [2.24, 2.45) is 0 Å². The van der Waals surface area contributed by atoms with Crippen molar-refractivity contribution in [2.75, 3.05) is 4.72 Å². The summed E-state index contributed by atoms with van der Waals surface area (Å²) in [5.41, 5.74) is -0.141. The summed E-state index contributed by atoms with van der Waals surface area (Å²) in [6, 6.07) is 6.08. The fourth-order valence-electron chi connectivity index (χ4n) is 1.54. The lowest BCUT2D eigenvalue weighted by Gasteiger charge is -2.12. The van der Waals surface area contributed by atoms with Crippen molar-refractivity contribution in [3.8, 4) is 11.5 Å². The highest BCUT2D eigenvalue weighted by molar-refractivity contribution is 7.92. The minimum atomic E-state index is -4.22. The van der Waals surface area contributed by atoms with Gasteiger partial charge in [0, 0.05) is 10.0 Å². The van der Waals surface area contributed by atoms with E-state index in [1.165, 1.54) is 24.3 Å². The SMILES string of the molecule is O=S(=O)(Nc1cc(Cl)ccc1O)c1cc(Cl)cc(Cl)c1O. The number of benzene rings is 2. The molecule has 0 aliphatic heterocycles. The van der Waals surface area contributed by atoms with E-state index in [4.69, 9.17) is 34.8 Å². The molecule has 0 heterocycles. The molecule has 0 aliphatic carbocycles. The Hall–Kier alpha value is -1.34. The fourth-order valence-corrected chi connectivity index (χ4v) is 3.53. The van der Waals surface area contributed by atoms with Crippen LogP contribution in [0.1, 0.15) is 0 Å². The van der Waals surface area contributed by atoms with Crippen molar-refractivity contribution in [1.29, 1.82) is 0 Å². The number of sulfonamides is 1. The lowest BCUT2D eigenvalue weighted by Crippen LogP contribution is -2.13. The normalized spacial score (nSPS) is 11.4. The van der Waals surface area contributed by atoms with Crippen LogP contribution in [0.2, 0.25) is 15.1 Å². The van der Waals surface area contributed by atoms with Crippen LogP contribution in [0.25, 0.3) is 0 Å². The highest BCUT2D eigenvalue weighted by Gasteiger charge is 2.23. The lowest BCUT2D eigenvalue weighted by atomic mass is 10.3. The first-order chi connectivity index (χ1) is 9.70. The molecule has 21 heavy (non-hydrogen) atoms. The van der Waals surface area contributed by atoms with E-state index in [-0.39, 0.29) is 26.5 Å². The molecule has 0 radical (unpaired) electrons. The maximum atomic E-state index is 12.2. The van der Waals surface area contributed by atoms with Crippen LogP contribution in [0.3, 0.4) is 0 Å². The Kier molecular flexibility index (Phi) is 4.43. The van der Waals surface area contributed by atoms with Crippen molar-refractivity contribution in [2.45, 2.75) is 4.90 Å². The van der Waals surface area contributed by atoms with Gasteiger partial charge in [0.05, 0.1) is 10.7 Å². The number of rotatable bonds is 3. The van der Waals surface area contributed by atoms with Crippen LogP contribution in [0.4, 0.5) is 5.69 Å². The van der Waals surface area contributed by atoms with Crippen LogP contribution in [-0.2, 0) is 10.0 Å². The highest BCUT2D eigenvalue weighted by atomic mass is 35.5. The van der Waals surface area contributed by atoms with Crippen LogP contribution >= 0.6 is 34.8 Å². The quantitative estimate of drug-likeness (QED) is 0.718. The molecule has 0 atom stereocenters. The number of hydrogen-bond acceptors (Lipinski definition) is 4. The van der Waals surface area contributed by atoms with E-state index in [0.717, 1.165) is 6.07 Å². The molecule has 0 aliphatic rings. The summed E-state index contributed by atoms with van der Waals surface area (Å²) in [6.45, 7) is 0. The molecule has 0 unspecified atom stereocenters. The number of anilines is 1. The van der Waals surface area contributed by atoms with Crippen molar-refractivity contribution >= 4 is 50.5 Å². The lowest BCUT2D eigenvalue weighted by molar-refractivity contribution is 0.459. The number of phenols is 2. The monoisotopic (exact) mass is 367 g/mol. The number of nitrogens with one attached hydrogen (secondary N) is 1. The zero-order valence-electron chi connectivity index (χ0n) is 10.1. The van der Waals surface area contributed by atoms with E-state index >= 15 is 0 Å². The molecule has 9 heteroatoms. The predicted octanol–water partition coefficient (Wildman–Crippen LogP) is 3.86. The van der Waals surface area contributed by atoms with Crippen LogP contribution in [-0.4, -0.2) is 18.6 Å². The van der Waals surface area contributed by atoms with Crippen molar-refractivity contribution in [1.82, 2.24) is 0 Å². The van der Waals surface area contributed by atoms with Gasteiger partial charge in [0.2, 0.25) is 0 Å². The van der Waals surface area contributed by atoms with Gasteiger partial charge < -0.3 is 10.2 Å². The van der Waals surface area contributed by atoms with Gasteiger partial charge in [0.25, 0.3) is 10.0 Å². The average Bonchev–Trinajstić information content (AvgIpc) is 2.37. The Bertz CT molecular complexity index is 808. The summed E-state index contributed by atoms with van der Waals surface area (Å²) < 4.78 is 26.6. The van der Waals surface area contributed by atoms with Crippen molar-refractivity contribution in [3.63, 3.8) is 0 Å². The fraction of sp³-hybridized carbons (Fsp3) is 0. The molecule has 2 rings (SSSR count). The smallest absolute Gasteiger partial charge is 0.265 e. The molecule has 0 bridgehead atoms. The van der Waals surface area contributed by atoms with Gasteiger partial charge in [-0.15, -0.1) is 0 Å². The van der Waals surface area contributed by atoms with Gasteiger partial charge in [0.15, 0.2) is 5.75 Å². The molecule has 0 aromatic heterocycles. The Balaban J connectivity index is 2.51. The predicted molar refractivity (Wildman–Crippen MR) is 82.1 cm³/mol. The van der Waals surface area contributed by atoms with Gasteiger partial charge in [-0.1, -0.05) is 34.8 Å². The average molecular weight is 369 g/mol. The van der Waals surface area contributed by atoms with Gasteiger partial charge in [-0.3, -0.25) is 4.72 Å². The molecular formula is C12H8Cl3NO4S. The summed E-state index contributed by atoms with van der Waals surface area (Å²) in [6.07, 6.45) is 0. The molecule has 0 amide bonds. The molecule has 2 aromatic carbocycles. The van der Waals surface area contributed by atoms with E-state index in [1.807, 2.05) is 0 Å². The van der Waals surface area contributed by atoms with Crippen LogP contribution < -0.4 is 4.72 Å². The van der Waals surface area contributed by atoms with Crippen molar-refractivity contribution < 1.29 is 18.6 Å². The second-order valence-electron chi connectivity index (χ2n) is 4.00. The van der Waals surface area contributed by atoms with E-state index in [9.17, 15) is 18.6 Å². The second-order valence-corrected chi connectivity index (χ2v) is 6.93. The standard InChI is InChI=1S/C12H8Cl3NO4S/c13-6-1-2-10(17)9(4-6)16-21(19,20)11-5-7(14)3-8(15)12(11)18/h1-5,16-18H. The largest absolute Gasteiger partial charge is 0.506 e. The van der Waals surface area contributed by atoms with Crippen LogP contribution in [0.5, 0.6) is 11.5 Å². The van der Waals surface area contributed by atoms with Gasteiger partial charge in [0.1, 0.15) is 10.6 Å². The second kappa shape index (κ2) is 5.81. The zero-order chi connectivity index (χ0) is 15.8. The summed E-state index contributed by atoms with van der Waals surface area (Å²) in [5.74, 6) is -0.967. The van der Waals surface area contributed by atoms with E-state index in [1.54, 1.807) is 0 Å². The molecule has 3 N–H and O–H groups in total. The maximum Gasteiger partial charge on any atom is 0.265 e. The molecule has 0 saturated carbocycles. The molecule has 2 aromatic rings. The Morgan fingerprint density at radius 3 is 2.29 bits per heavy atom. The van der Waals surface area contributed by atoms with Gasteiger partial charge in [-0.25, -0.2) is 8.42 Å². The number of hydrogen-bond donors (Lipinski definition) is 3. The highest BCUT2D eigenvalue weighted by Crippen LogP contribution is 2.36. The van der Waals surface area contributed by atoms with Gasteiger partial charge >= 0.3 is 0 Å². The van der Waals surface area contributed by atoms with Crippen LogP contribution in [0, 0.1) is 0 Å². The topological polar surface area (TPSA) is 86.6 Å². The van der Waals surface area contributed by atoms with Gasteiger partial charge in [-0.2, -0.15) is 0 Å². The molecule has 0 spiro atoms. The third-order valence-electron chi connectivity index (χ3n) is 2.49.